The first-order chi connectivity index (χ1) is 13.9. The van der Waals surface area contributed by atoms with Crippen molar-refractivity contribution in [3.63, 3.8) is 0 Å². The van der Waals surface area contributed by atoms with Crippen molar-refractivity contribution in [2.24, 2.45) is 0 Å². The number of benzene rings is 2. The molecular formula is C22H24ClN3O2S. The zero-order valence-corrected chi connectivity index (χ0v) is 18.2. The Bertz CT molecular complexity index is 1140. The first kappa shape index (κ1) is 20.1. The van der Waals surface area contributed by atoms with Gasteiger partial charge in [0.1, 0.15) is 4.90 Å². The SMILES string of the molecule is CCN1CCN(c2c(S(=O)(=O)c3ccc(C)cc3)cnc3ccc(Cl)cc23)CC1. The first-order valence-electron chi connectivity index (χ1n) is 9.77. The van der Waals surface area contributed by atoms with Crippen LogP contribution in [0.25, 0.3) is 10.9 Å². The van der Waals surface area contributed by atoms with Crippen LogP contribution in [0.2, 0.25) is 5.02 Å². The molecule has 5 nitrogen and oxygen atoms in total. The molecule has 0 atom stereocenters. The van der Waals surface area contributed by atoms with Gasteiger partial charge in [-0.05, 0) is 43.8 Å². The van der Waals surface area contributed by atoms with E-state index >= 15 is 0 Å². The van der Waals surface area contributed by atoms with Crippen LogP contribution < -0.4 is 4.90 Å². The number of halogens is 1. The molecule has 1 aliphatic heterocycles. The number of hydrogen-bond donors (Lipinski definition) is 0. The number of fused-ring (bicyclic) bond motifs is 1. The van der Waals surface area contributed by atoms with Gasteiger partial charge in [-0.25, -0.2) is 8.42 Å². The molecule has 1 saturated heterocycles. The zero-order chi connectivity index (χ0) is 20.6. The third-order valence-electron chi connectivity index (χ3n) is 5.52. The van der Waals surface area contributed by atoms with Crippen LogP contribution in [-0.2, 0) is 9.84 Å². The summed E-state index contributed by atoms with van der Waals surface area (Å²) in [7, 11) is -3.72. The molecule has 0 N–H and O–H groups in total. The fourth-order valence-corrected chi connectivity index (χ4v) is 5.39. The summed E-state index contributed by atoms with van der Waals surface area (Å²) >= 11 is 6.27. The highest BCUT2D eigenvalue weighted by Crippen LogP contribution is 2.37. The third kappa shape index (κ3) is 3.84. The van der Waals surface area contributed by atoms with Gasteiger partial charge in [-0.1, -0.05) is 36.2 Å². The Morgan fingerprint density at radius 3 is 2.38 bits per heavy atom. The van der Waals surface area contributed by atoms with Gasteiger partial charge in [0.05, 0.1) is 16.1 Å². The summed E-state index contributed by atoms with van der Waals surface area (Å²) in [4.78, 5) is 9.48. The lowest BCUT2D eigenvalue weighted by Crippen LogP contribution is -2.46. The monoisotopic (exact) mass is 429 g/mol. The smallest absolute Gasteiger partial charge is 0.210 e. The van der Waals surface area contributed by atoms with E-state index in [4.69, 9.17) is 11.6 Å². The minimum atomic E-state index is -3.72. The standard InChI is InChI=1S/C22H24ClN3O2S/c1-3-25-10-12-26(13-11-25)22-19-14-17(23)6-9-20(19)24-15-21(22)29(27,28)18-7-4-16(2)5-8-18/h4-9,14-15H,3,10-13H2,1-2H3. The number of aromatic nitrogens is 1. The number of rotatable bonds is 4. The molecule has 7 heteroatoms. The predicted octanol–water partition coefficient (Wildman–Crippen LogP) is 4.17. The summed E-state index contributed by atoms with van der Waals surface area (Å²) in [6.07, 6.45) is 1.49. The Morgan fingerprint density at radius 1 is 1.03 bits per heavy atom. The van der Waals surface area contributed by atoms with Crippen LogP contribution in [0.3, 0.4) is 0 Å². The third-order valence-corrected chi connectivity index (χ3v) is 7.53. The molecule has 3 aromatic rings. The van der Waals surface area contributed by atoms with Crippen LogP contribution in [-0.4, -0.2) is 51.0 Å². The summed E-state index contributed by atoms with van der Waals surface area (Å²) in [6, 6.07) is 12.4. The van der Waals surface area contributed by atoms with Gasteiger partial charge in [-0.3, -0.25) is 4.98 Å². The molecule has 0 spiro atoms. The fourth-order valence-electron chi connectivity index (χ4n) is 3.79. The van der Waals surface area contributed by atoms with Crippen molar-refractivity contribution >= 4 is 38.0 Å². The highest BCUT2D eigenvalue weighted by molar-refractivity contribution is 7.91. The Labute approximate surface area is 176 Å². The second-order valence-corrected chi connectivity index (χ2v) is 9.72. The van der Waals surface area contributed by atoms with E-state index in [1.807, 2.05) is 31.2 Å². The van der Waals surface area contributed by atoms with E-state index in [2.05, 4.69) is 21.7 Å². The molecule has 152 valence electrons. The predicted molar refractivity (Wildman–Crippen MR) is 118 cm³/mol. The van der Waals surface area contributed by atoms with Crippen LogP contribution in [0.15, 0.2) is 58.5 Å². The van der Waals surface area contributed by atoms with Crippen LogP contribution in [0.5, 0.6) is 0 Å². The van der Waals surface area contributed by atoms with Crippen LogP contribution in [0.1, 0.15) is 12.5 Å². The zero-order valence-electron chi connectivity index (χ0n) is 16.6. The Kier molecular flexibility index (Phi) is 5.51. The van der Waals surface area contributed by atoms with E-state index in [-0.39, 0.29) is 9.79 Å². The van der Waals surface area contributed by atoms with E-state index in [0.29, 0.717) is 10.7 Å². The molecule has 0 saturated carbocycles. The topological polar surface area (TPSA) is 53.5 Å². The van der Waals surface area contributed by atoms with Gasteiger partial charge in [-0.15, -0.1) is 0 Å². The average Bonchev–Trinajstić information content (AvgIpc) is 2.73. The average molecular weight is 430 g/mol. The van der Waals surface area contributed by atoms with Gasteiger partial charge < -0.3 is 9.80 Å². The van der Waals surface area contributed by atoms with Crippen LogP contribution >= 0.6 is 11.6 Å². The van der Waals surface area contributed by atoms with Gasteiger partial charge in [0, 0.05) is 42.8 Å². The minimum absolute atomic E-state index is 0.237. The van der Waals surface area contributed by atoms with Crippen molar-refractivity contribution in [1.82, 2.24) is 9.88 Å². The van der Waals surface area contributed by atoms with Crippen molar-refractivity contribution in [1.29, 1.82) is 0 Å². The molecular weight excluding hydrogens is 406 g/mol. The maximum Gasteiger partial charge on any atom is 0.210 e. The molecule has 29 heavy (non-hydrogen) atoms. The number of piperazine rings is 1. The summed E-state index contributed by atoms with van der Waals surface area (Å²) in [5.41, 5.74) is 2.46. The Hall–Kier alpha value is -2.15. The van der Waals surface area contributed by atoms with Crippen LogP contribution in [0.4, 0.5) is 5.69 Å². The van der Waals surface area contributed by atoms with E-state index in [1.54, 1.807) is 18.2 Å². The summed E-state index contributed by atoms with van der Waals surface area (Å²) in [5.74, 6) is 0. The highest BCUT2D eigenvalue weighted by atomic mass is 35.5. The second-order valence-electron chi connectivity index (χ2n) is 7.37. The first-order valence-corrected chi connectivity index (χ1v) is 11.6. The molecule has 0 bridgehead atoms. The van der Waals surface area contributed by atoms with E-state index < -0.39 is 9.84 Å². The summed E-state index contributed by atoms with van der Waals surface area (Å²) in [6.45, 7) is 8.38. The lowest BCUT2D eigenvalue weighted by Gasteiger charge is -2.36. The maximum absolute atomic E-state index is 13.5. The highest BCUT2D eigenvalue weighted by Gasteiger charge is 2.28. The fraction of sp³-hybridized carbons (Fsp3) is 0.318. The van der Waals surface area contributed by atoms with E-state index in [1.165, 1.54) is 6.20 Å². The number of likely N-dealkylation sites (N-methyl/N-ethyl adjacent to an activating group) is 1. The lowest BCUT2D eigenvalue weighted by atomic mass is 10.1. The molecule has 2 heterocycles. The molecule has 4 rings (SSSR count). The Morgan fingerprint density at radius 2 is 1.72 bits per heavy atom. The molecule has 1 fully saturated rings. The van der Waals surface area contributed by atoms with Gasteiger partial charge in [0.25, 0.3) is 0 Å². The molecule has 0 unspecified atom stereocenters. The molecule has 1 aliphatic rings. The second kappa shape index (κ2) is 7.94. The van der Waals surface area contributed by atoms with Gasteiger partial charge in [0.15, 0.2) is 0 Å². The van der Waals surface area contributed by atoms with Gasteiger partial charge >= 0.3 is 0 Å². The van der Waals surface area contributed by atoms with Gasteiger partial charge in [0.2, 0.25) is 9.84 Å². The molecule has 0 radical (unpaired) electrons. The summed E-state index contributed by atoms with van der Waals surface area (Å²) in [5, 5.41) is 1.34. The van der Waals surface area contributed by atoms with E-state index in [9.17, 15) is 8.42 Å². The van der Waals surface area contributed by atoms with Crippen molar-refractivity contribution < 1.29 is 8.42 Å². The Balaban J connectivity index is 1.91. The number of aryl methyl sites for hydroxylation is 1. The summed E-state index contributed by atoms with van der Waals surface area (Å²) < 4.78 is 27.1. The number of hydrogen-bond acceptors (Lipinski definition) is 5. The van der Waals surface area contributed by atoms with Crippen molar-refractivity contribution in [3.8, 4) is 0 Å². The number of anilines is 1. The molecule has 0 amide bonds. The van der Waals surface area contributed by atoms with Crippen LogP contribution in [0, 0.1) is 6.92 Å². The molecule has 0 aliphatic carbocycles. The van der Waals surface area contributed by atoms with Gasteiger partial charge in [-0.2, -0.15) is 0 Å². The number of pyridine rings is 1. The van der Waals surface area contributed by atoms with Crippen molar-refractivity contribution in [3.05, 3.63) is 59.2 Å². The number of sulfone groups is 1. The molecule has 2 aromatic carbocycles. The quantitative estimate of drug-likeness (QED) is 0.623. The molecule has 1 aromatic heterocycles. The van der Waals surface area contributed by atoms with Crippen molar-refractivity contribution in [2.45, 2.75) is 23.6 Å². The largest absolute Gasteiger partial charge is 0.367 e. The minimum Gasteiger partial charge on any atom is -0.367 e. The van der Waals surface area contributed by atoms with Crippen molar-refractivity contribution in [2.75, 3.05) is 37.6 Å². The maximum atomic E-state index is 13.5. The lowest BCUT2D eigenvalue weighted by molar-refractivity contribution is 0.271. The van der Waals surface area contributed by atoms with E-state index in [0.717, 1.165) is 49.2 Å². The normalized spacial score (nSPS) is 15.8. The number of nitrogens with zero attached hydrogens (tertiary/aromatic N) is 3.